The summed E-state index contributed by atoms with van der Waals surface area (Å²) in [5, 5.41) is 5.23. The lowest BCUT2D eigenvalue weighted by Crippen LogP contribution is -2.35. The van der Waals surface area contributed by atoms with Crippen molar-refractivity contribution in [2.75, 3.05) is 10.3 Å². The van der Waals surface area contributed by atoms with E-state index in [-0.39, 0.29) is 11.5 Å². The third-order valence-electron chi connectivity index (χ3n) is 7.29. The molecule has 0 bridgehead atoms. The van der Waals surface area contributed by atoms with Gasteiger partial charge < -0.3 is 9.88 Å². The number of hydrazine groups is 1. The Morgan fingerprint density at radius 1 is 0.974 bits per heavy atom. The Morgan fingerprint density at radius 3 is 2.41 bits per heavy atom. The van der Waals surface area contributed by atoms with Crippen molar-refractivity contribution in [2.45, 2.75) is 39.5 Å². The van der Waals surface area contributed by atoms with Crippen LogP contribution in [0.25, 0.3) is 11.1 Å². The van der Waals surface area contributed by atoms with Crippen molar-refractivity contribution in [3.63, 3.8) is 0 Å². The molecule has 1 aliphatic carbocycles. The molecule has 0 radical (unpaired) electrons. The molecular weight excluding hydrogens is 508 g/mol. The van der Waals surface area contributed by atoms with Gasteiger partial charge >= 0.3 is 0 Å². The number of para-hydroxylation sites is 2. The Morgan fingerprint density at radius 2 is 1.67 bits per heavy atom. The van der Waals surface area contributed by atoms with Crippen molar-refractivity contribution >= 4 is 46.5 Å². The van der Waals surface area contributed by atoms with Crippen LogP contribution < -0.4 is 15.8 Å². The van der Waals surface area contributed by atoms with Crippen molar-refractivity contribution in [3.05, 3.63) is 105 Å². The molecule has 7 nitrogen and oxygen atoms in total. The summed E-state index contributed by atoms with van der Waals surface area (Å²) < 4.78 is 2.08. The third kappa shape index (κ3) is 4.46. The molecule has 0 saturated carbocycles. The zero-order chi connectivity index (χ0) is 27.1. The molecule has 2 N–H and O–H groups in total. The zero-order valence-electron chi connectivity index (χ0n) is 21.8. The van der Waals surface area contributed by atoms with Crippen LogP contribution in [-0.2, 0) is 22.4 Å². The molecule has 2 aromatic heterocycles. The number of thiophene rings is 1. The lowest BCUT2D eigenvalue weighted by Gasteiger charge is -2.14. The van der Waals surface area contributed by atoms with Crippen LogP contribution in [0.3, 0.4) is 0 Å². The molecular formula is C31H28N4O3S. The minimum absolute atomic E-state index is 0.0756. The highest BCUT2D eigenvalue weighted by Crippen LogP contribution is 2.39. The van der Waals surface area contributed by atoms with E-state index in [9.17, 15) is 14.4 Å². The maximum absolute atomic E-state index is 13.7. The molecule has 3 heterocycles. The van der Waals surface area contributed by atoms with E-state index in [1.807, 2.05) is 68.4 Å². The molecule has 196 valence electrons. The van der Waals surface area contributed by atoms with E-state index in [2.05, 4.69) is 15.3 Å². The topological polar surface area (TPSA) is 83.4 Å². The maximum Gasteiger partial charge on any atom is 0.282 e. The van der Waals surface area contributed by atoms with Crippen LogP contribution in [0.1, 0.15) is 50.6 Å². The zero-order valence-corrected chi connectivity index (χ0v) is 22.6. The minimum atomic E-state index is -0.442. The predicted octanol–water partition coefficient (Wildman–Crippen LogP) is 5.75. The summed E-state index contributed by atoms with van der Waals surface area (Å²) >= 11 is 1.66. The van der Waals surface area contributed by atoms with Crippen molar-refractivity contribution in [1.29, 1.82) is 0 Å². The minimum Gasteiger partial charge on any atom is -0.322 e. The fraction of sp³-hybridized carbons (Fsp3) is 0.194. The summed E-state index contributed by atoms with van der Waals surface area (Å²) in [4.78, 5) is 40.9. The summed E-state index contributed by atoms with van der Waals surface area (Å²) in [5.41, 5.74) is 8.49. The van der Waals surface area contributed by atoms with Crippen molar-refractivity contribution in [2.24, 2.45) is 0 Å². The number of aryl methyl sites for hydroxylation is 2. The largest absolute Gasteiger partial charge is 0.322 e. The fourth-order valence-electron chi connectivity index (χ4n) is 5.38. The molecule has 0 atom stereocenters. The number of carbonyl (C=O) groups is 3. The molecule has 1 fully saturated rings. The van der Waals surface area contributed by atoms with Gasteiger partial charge in [-0.25, -0.2) is 5.01 Å². The Bertz CT molecular complexity index is 1630. The number of hydrogen-bond acceptors (Lipinski definition) is 4. The van der Waals surface area contributed by atoms with Crippen molar-refractivity contribution < 1.29 is 14.4 Å². The average molecular weight is 537 g/mol. The van der Waals surface area contributed by atoms with Gasteiger partial charge in [-0.05, 0) is 87.1 Å². The van der Waals surface area contributed by atoms with Crippen LogP contribution in [0, 0.1) is 13.8 Å². The molecule has 0 unspecified atom stereocenters. The Kier molecular flexibility index (Phi) is 6.40. The standard InChI is InChI=1S/C31H28N4O3S/c1-19-17-21(18-25-28(36)33-35(30(25)38)23-13-7-4-8-14-23)20(2)34(19)31-27(24-15-9-10-16-26(24)39-31)29(37)32-22-11-5-3-6-12-22/h3-8,11-14,17-18H,9-10,15-16H2,1-2H3,(H,32,37)(H,33,36)/b25-18-. The summed E-state index contributed by atoms with van der Waals surface area (Å²) in [6, 6.07) is 20.5. The number of carbonyl (C=O) groups excluding carboxylic acids is 3. The van der Waals surface area contributed by atoms with Gasteiger partial charge in [-0.3, -0.25) is 19.8 Å². The van der Waals surface area contributed by atoms with Crippen molar-refractivity contribution in [3.8, 4) is 5.00 Å². The quantitative estimate of drug-likeness (QED) is 0.252. The summed E-state index contributed by atoms with van der Waals surface area (Å²) in [6.07, 6.45) is 5.67. The van der Waals surface area contributed by atoms with Gasteiger partial charge in [0.25, 0.3) is 17.7 Å². The number of benzene rings is 2. The molecule has 6 rings (SSSR count). The first-order chi connectivity index (χ1) is 18.9. The number of rotatable bonds is 5. The fourth-order valence-corrected chi connectivity index (χ4v) is 6.87. The number of nitrogens with zero attached hydrogens (tertiary/aromatic N) is 2. The summed E-state index contributed by atoms with van der Waals surface area (Å²) in [7, 11) is 0. The molecule has 0 spiro atoms. The van der Waals surface area contributed by atoms with E-state index < -0.39 is 11.8 Å². The Labute approximate surface area is 230 Å². The molecule has 2 aromatic carbocycles. The highest BCUT2D eigenvalue weighted by atomic mass is 32.1. The first kappa shape index (κ1) is 24.9. The number of hydrogen-bond donors (Lipinski definition) is 2. The van der Waals surface area contributed by atoms with Gasteiger partial charge in [-0.1, -0.05) is 36.4 Å². The van der Waals surface area contributed by atoms with Crippen LogP contribution in [0.15, 0.2) is 72.3 Å². The van der Waals surface area contributed by atoms with Gasteiger partial charge in [-0.15, -0.1) is 11.3 Å². The first-order valence-electron chi connectivity index (χ1n) is 13.0. The number of anilines is 2. The smallest absolute Gasteiger partial charge is 0.282 e. The SMILES string of the molecule is Cc1cc(/C=C2/C(=O)NN(c3ccccc3)C2=O)c(C)n1-c1sc2c(c1C(=O)Nc1ccccc1)CCCC2. The molecule has 3 amide bonds. The van der Waals surface area contributed by atoms with Gasteiger partial charge in [0.05, 0.1) is 11.3 Å². The lowest BCUT2D eigenvalue weighted by molar-refractivity contribution is -0.117. The highest BCUT2D eigenvalue weighted by molar-refractivity contribution is 7.15. The molecule has 2 aliphatic rings. The first-order valence-corrected chi connectivity index (χ1v) is 13.9. The molecule has 4 aromatic rings. The van der Waals surface area contributed by atoms with Crippen LogP contribution >= 0.6 is 11.3 Å². The van der Waals surface area contributed by atoms with Crippen LogP contribution in [0.5, 0.6) is 0 Å². The normalized spacial score (nSPS) is 15.9. The van der Waals surface area contributed by atoms with E-state index in [1.54, 1.807) is 29.5 Å². The second-order valence-corrected chi connectivity index (χ2v) is 10.9. The number of amides is 3. The second-order valence-electron chi connectivity index (χ2n) is 9.85. The highest BCUT2D eigenvalue weighted by Gasteiger charge is 2.35. The van der Waals surface area contributed by atoms with E-state index in [0.29, 0.717) is 11.3 Å². The van der Waals surface area contributed by atoms with Crippen LogP contribution in [0.2, 0.25) is 0 Å². The molecule has 1 saturated heterocycles. The molecule has 39 heavy (non-hydrogen) atoms. The lowest BCUT2D eigenvalue weighted by atomic mass is 9.95. The van der Waals surface area contributed by atoms with Gasteiger partial charge in [0.2, 0.25) is 0 Å². The van der Waals surface area contributed by atoms with E-state index in [1.165, 1.54) is 9.89 Å². The average Bonchev–Trinajstić information content (AvgIpc) is 3.56. The summed E-state index contributed by atoms with van der Waals surface area (Å²) in [5.74, 6) is -0.958. The van der Waals surface area contributed by atoms with Crippen LogP contribution in [-0.4, -0.2) is 22.3 Å². The van der Waals surface area contributed by atoms with E-state index in [0.717, 1.165) is 58.9 Å². The predicted molar refractivity (Wildman–Crippen MR) is 154 cm³/mol. The second kappa shape index (κ2) is 10.0. The summed E-state index contributed by atoms with van der Waals surface area (Å²) in [6.45, 7) is 3.95. The monoisotopic (exact) mass is 536 g/mol. The van der Waals surface area contributed by atoms with E-state index >= 15 is 0 Å². The van der Waals surface area contributed by atoms with Gasteiger partial charge in [-0.2, -0.15) is 0 Å². The van der Waals surface area contributed by atoms with Gasteiger partial charge in [0, 0.05) is 22.0 Å². The number of fused-ring (bicyclic) bond motifs is 1. The Balaban J connectivity index is 1.40. The number of aromatic nitrogens is 1. The maximum atomic E-state index is 13.7. The number of nitrogens with one attached hydrogen (secondary N) is 2. The van der Waals surface area contributed by atoms with Crippen molar-refractivity contribution in [1.82, 2.24) is 9.99 Å². The third-order valence-corrected chi connectivity index (χ3v) is 8.57. The van der Waals surface area contributed by atoms with Gasteiger partial charge in [0.15, 0.2) is 0 Å². The molecule has 1 aliphatic heterocycles. The Hall–Kier alpha value is -4.43. The van der Waals surface area contributed by atoms with E-state index in [4.69, 9.17) is 0 Å². The van der Waals surface area contributed by atoms with Gasteiger partial charge in [0.1, 0.15) is 10.6 Å². The van der Waals surface area contributed by atoms with Crippen LogP contribution in [0.4, 0.5) is 11.4 Å². The molecule has 8 heteroatoms.